The summed E-state index contributed by atoms with van der Waals surface area (Å²) < 4.78 is 6.35. The number of benzene rings is 1. The Balaban J connectivity index is 3.47. The van der Waals surface area contributed by atoms with Gasteiger partial charge in [0.1, 0.15) is 0 Å². The number of hydrogen-bond acceptors (Lipinski definition) is 6. The van der Waals surface area contributed by atoms with Crippen LogP contribution in [-0.4, -0.2) is 36.2 Å². The Morgan fingerprint density at radius 2 is 1.90 bits per heavy atom. The number of rotatable bonds is 12. The van der Waals surface area contributed by atoms with Gasteiger partial charge in [0.2, 0.25) is 6.41 Å². The monoisotopic (exact) mass is 548 g/mol. The summed E-state index contributed by atoms with van der Waals surface area (Å²) >= 11 is 6.64. The van der Waals surface area contributed by atoms with Crippen LogP contribution in [0, 0.1) is 5.92 Å². The predicted molar refractivity (Wildman–Crippen MR) is 123 cm³/mol. The third-order valence-electron chi connectivity index (χ3n) is 4.93. The molecule has 1 rings (SSSR count). The minimum absolute atomic E-state index is 0.233. The van der Waals surface area contributed by atoms with E-state index in [1.165, 1.54) is 6.07 Å². The number of hydrogen-bond donors (Lipinski definition) is 4. The van der Waals surface area contributed by atoms with Crippen LogP contribution in [0.4, 0.5) is 0 Å². The number of allylic oxidation sites excluding steroid dienone is 1. The fourth-order valence-corrected chi connectivity index (χ4v) is 4.19. The molecular formula is C21H30Br2N2O5. The molecule has 0 fully saturated rings. The molecule has 0 spiro atoms. The molecule has 0 heterocycles. The molecule has 1 aromatic rings. The van der Waals surface area contributed by atoms with Crippen LogP contribution < -0.4 is 10.6 Å². The molecule has 30 heavy (non-hydrogen) atoms. The summed E-state index contributed by atoms with van der Waals surface area (Å²) in [5.74, 6) is -0.953. The maximum atomic E-state index is 13.1. The molecule has 0 radical (unpaired) electrons. The van der Waals surface area contributed by atoms with Gasteiger partial charge in [-0.2, -0.15) is 0 Å². The zero-order valence-electron chi connectivity index (χ0n) is 17.7. The lowest BCUT2D eigenvalue weighted by molar-refractivity contribution is -0.141. The summed E-state index contributed by atoms with van der Waals surface area (Å²) in [6.07, 6.45) is 3.75. The largest absolute Gasteiger partial charge is 0.504 e. The number of phenols is 2. The van der Waals surface area contributed by atoms with Crippen molar-refractivity contribution in [3.63, 3.8) is 0 Å². The Bertz CT molecular complexity index is 783. The van der Waals surface area contributed by atoms with Crippen molar-refractivity contribution < 1.29 is 24.5 Å². The summed E-state index contributed by atoms with van der Waals surface area (Å²) in [5, 5.41) is 25.7. The number of phenolic OH excluding ortho intramolecular Hbond substituents is 2. The molecule has 0 aliphatic rings. The van der Waals surface area contributed by atoms with Crippen molar-refractivity contribution in [1.82, 2.24) is 10.6 Å². The van der Waals surface area contributed by atoms with Gasteiger partial charge in [0.25, 0.3) is 0 Å². The first-order valence-corrected chi connectivity index (χ1v) is 11.5. The van der Waals surface area contributed by atoms with E-state index in [9.17, 15) is 19.8 Å². The summed E-state index contributed by atoms with van der Waals surface area (Å²) in [5.41, 5.74) is 1.13. The number of ether oxygens (including phenoxy) is 1. The molecule has 0 bridgehead atoms. The van der Waals surface area contributed by atoms with Gasteiger partial charge >= 0.3 is 5.97 Å². The van der Waals surface area contributed by atoms with Gasteiger partial charge in [-0.15, -0.1) is 0 Å². The number of carbonyl (C=O) groups excluding carboxylic acids is 2. The van der Waals surface area contributed by atoms with Gasteiger partial charge in [-0.3, -0.25) is 4.79 Å². The van der Waals surface area contributed by atoms with E-state index >= 15 is 0 Å². The van der Waals surface area contributed by atoms with Gasteiger partial charge in [-0.1, -0.05) is 33.6 Å². The Morgan fingerprint density at radius 3 is 2.40 bits per heavy atom. The molecule has 0 aliphatic carbocycles. The fourth-order valence-electron chi connectivity index (χ4n) is 3.23. The lowest BCUT2D eigenvalue weighted by Crippen LogP contribution is -2.30. The van der Waals surface area contributed by atoms with E-state index in [0.29, 0.717) is 28.6 Å². The van der Waals surface area contributed by atoms with Gasteiger partial charge in [0.05, 0.1) is 22.7 Å². The molecule has 2 unspecified atom stereocenters. The van der Waals surface area contributed by atoms with Crippen molar-refractivity contribution in [3.8, 4) is 11.5 Å². The van der Waals surface area contributed by atoms with Gasteiger partial charge < -0.3 is 25.6 Å². The maximum Gasteiger partial charge on any atom is 0.337 e. The maximum absolute atomic E-state index is 13.1. The number of amides is 1. The van der Waals surface area contributed by atoms with E-state index < -0.39 is 12.0 Å². The Morgan fingerprint density at radius 1 is 1.23 bits per heavy atom. The lowest BCUT2D eigenvalue weighted by Gasteiger charge is -2.25. The van der Waals surface area contributed by atoms with Crippen molar-refractivity contribution in [2.45, 2.75) is 52.5 Å². The highest BCUT2D eigenvalue weighted by molar-refractivity contribution is 9.13. The van der Waals surface area contributed by atoms with Crippen LogP contribution in [0.15, 0.2) is 26.3 Å². The van der Waals surface area contributed by atoms with Crippen LogP contribution in [-0.2, 0) is 14.3 Å². The van der Waals surface area contributed by atoms with E-state index in [1.54, 1.807) is 7.05 Å². The van der Waals surface area contributed by atoms with Gasteiger partial charge in [-0.25, -0.2) is 4.79 Å². The highest BCUT2D eigenvalue weighted by Crippen LogP contribution is 2.44. The van der Waals surface area contributed by atoms with Crippen LogP contribution in [0.1, 0.15) is 58.1 Å². The third-order valence-corrected chi connectivity index (χ3v) is 7.09. The highest BCUT2D eigenvalue weighted by atomic mass is 79.9. The zero-order chi connectivity index (χ0) is 22.8. The molecule has 168 valence electrons. The molecule has 2 atom stereocenters. The molecule has 0 aromatic heterocycles. The minimum Gasteiger partial charge on any atom is -0.504 e. The zero-order valence-corrected chi connectivity index (χ0v) is 20.9. The second kappa shape index (κ2) is 13.0. The van der Waals surface area contributed by atoms with Crippen molar-refractivity contribution >= 4 is 44.2 Å². The standard InChI is InChI=1S/C21H30Br2N2O5/c1-5-8-12(6-2)10-30-21(29)16(14(7-3)25-11-26)19(24-4)13-9-15(27)20(28)18(23)17(13)22/h9,11-12,19,24,27-28H,5-8,10H2,1-4H3,(H,25,26)/b16-14+. The molecular weight excluding hydrogens is 520 g/mol. The second-order valence-corrected chi connectivity index (χ2v) is 8.44. The first kappa shape index (κ1) is 26.5. The number of aromatic hydroxyl groups is 2. The van der Waals surface area contributed by atoms with E-state index in [4.69, 9.17) is 4.74 Å². The van der Waals surface area contributed by atoms with Crippen LogP contribution in [0.3, 0.4) is 0 Å². The quantitative estimate of drug-likeness (QED) is 0.131. The Kier molecular flexibility index (Phi) is 11.4. The molecule has 1 aromatic carbocycles. The Hall–Kier alpha value is -1.58. The van der Waals surface area contributed by atoms with Crippen molar-refractivity contribution in [1.29, 1.82) is 0 Å². The van der Waals surface area contributed by atoms with Gasteiger partial charge in [0.15, 0.2) is 11.5 Å². The first-order chi connectivity index (χ1) is 14.3. The Labute approximate surface area is 194 Å². The molecule has 9 heteroatoms. The number of carbonyl (C=O) groups is 2. The number of esters is 1. The fraction of sp³-hybridized carbons (Fsp3) is 0.524. The summed E-state index contributed by atoms with van der Waals surface area (Å²) in [6.45, 7) is 6.24. The molecule has 0 aliphatic heterocycles. The number of halogens is 2. The summed E-state index contributed by atoms with van der Waals surface area (Å²) in [4.78, 5) is 24.3. The molecule has 1 amide bonds. The van der Waals surface area contributed by atoms with Gasteiger partial charge in [-0.05, 0) is 69.3 Å². The van der Waals surface area contributed by atoms with E-state index in [-0.39, 0.29) is 34.1 Å². The van der Waals surface area contributed by atoms with Crippen molar-refractivity contribution in [2.75, 3.05) is 13.7 Å². The van der Waals surface area contributed by atoms with Crippen LogP contribution in [0.25, 0.3) is 0 Å². The van der Waals surface area contributed by atoms with Crippen molar-refractivity contribution in [3.05, 3.63) is 31.8 Å². The molecule has 7 nitrogen and oxygen atoms in total. The van der Waals surface area contributed by atoms with E-state index in [1.807, 2.05) is 6.92 Å². The summed E-state index contributed by atoms with van der Waals surface area (Å²) in [6, 6.07) is 0.641. The SMILES string of the molecule is CCCC(CC)COC(=O)/C(=C(\CC)NC=O)C(NC)c1cc(O)c(O)c(Br)c1Br. The van der Waals surface area contributed by atoms with Crippen LogP contribution in [0.2, 0.25) is 0 Å². The normalized spacial score (nSPS) is 13.9. The lowest BCUT2D eigenvalue weighted by atomic mass is 9.95. The smallest absolute Gasteiger partial charge is 0.337 e. The molecule has 0 saturated heterocycles. The van der Waals surface area contributed by atoms with E-state index in [2.05, 4.69) is 56.3 Å². The third kappa shape index (κ3) is 6.46. The second-order valence-electron chi connectivity index (χ2n) is 6.85. The molecule has 4 N–H and O–H groups in total. The predicted octanol–water partition coefficient (Wildman–Crippen LogP) is 4.66. The minimum atomic E-state index is -0.719. The highest BCUT2D eigenvalue weighted by Gasteiger charge is 2.30. The average Bonchev–Trinajstić information content (AvgIpc) is 2.74. The van der Waals surface area contributed by atoms with Gasteiger partial charge in [0, 0.05) is 10.2 Å². The summed E-state index contributed by atoms with van der Waals surface area (Å²) in [7, 11) is 1.66. The van der Waals surface area contributed by atoms with Crippen LogP contribution >= 0.6 is 31.9 Å². The first-order valence-electron chi connectivity index (χ1n) is 9.94. The number of likely N-dealkylation sites (N-methyl/N-ethyl adjacent to an activating group) is 1. The number of nitrogens with one attached hydrogen (secondary N) is 2. The topological polar surface area (TPSA) is 108 Å². The van der Waals surface area contributed by atoms with E-state index in [0.717, 1.165) is 19.3 Å². The van der Waals surface area contributed by atoms with Crippen molar-refractivity contribution in [2.24, 2.45) is 5.92 Å². The van der Waals surface area contributed by atoms with Crippen LogP contribution in [0.5, 0.6) is 11.5 Å². The average molecular weight is 550 g/mol. The molecule has 0 saturated carbocycles.